The van der Waals surface area contributed by atoms with Crippen LogP contribution in [0.2, 0.25) is 0 Å². The number of hydrogen-bond acceptors (Lipinski definition) is 4. The first-order valence-corrected chi connectivity index (χ1v) is 12.9. The number of nitrogens with zero attached hydrogens (tertiary/aromatic N) is 1. The van der Waals surface area contributed by atoms with Gasteiger partial charge in [0.1, 0.15) is 11.5 Å². The summed E-state index contributed by atoms with van der Waals surface area (Å²) in [6, 6.07) is 18.2. The smallest absolute Gasteiger partial charge is 0.300 e. The average molecular weight is 509 g/mol. The lowest BCUT2D eigenvalue weighted by atomic mass is 9.92. The lowest BCUT2D eigenvalue weighted by molar-refractivity contribution is -0.132. The molecule has 3 aromatic carbocycles. The van der Waals surface area contributed by atoms with Crippen molar-refractivity contribution in [3.05, 3.63) is 99.7 Å². The predicted molar refractivity (Wildman–Crippen MR) is 151 cm³/mol. The highest BCUT2D eigenvalue weighted by atomic mass is 16.5. The monoisotopic (exact) mass is 508 g/mol. The molecule has 1 fully saturated rings. The van der Waals surface area contributed by atoms with Crippen molar-refractivity contribution in [1.29, 1.82) is 0 Å². The fourth-order valence-corrected chi connectivity index (χ4v) is 5.44. The molecule has 1 atom stereocenters. The lowest BCUT2D eigenvalue weighted by Crippen LogP contribution is -2.29. The highest BCUT2D eigenvalue weighted by Gasteiger charge is 2.48. The van der Waals surface area contributed by atoms with Crippen molar-refractivity contribution in [2.45, 2.75) is 47.1 Å². The summed E-state index contributed by atoms with van der Waals surface area (Å²) in [7, 11) is 0. The van der Waals surface area contributed by atoms with Crippen LogP contribution < -0.4 is 9.64 Å². The Morgan fingerprint density at radius 1 is 0.974 bits per heavy atom. The SMILES string of the molecule is CCCOc1ccc(/C(O)=C2\C(=O)C(=O)N(c3cc(C)cc(C)c3)C2c2c(C)[nH]c3ccccc23)cc1C. The highest BCUT2D eigenvalue weighted by molar-refractivity contribution is 6.52. The molecule has 6 nitrogen and oxygen atoms in total. The number of H-pyrrole nitrogens is 1. The average Bonchev–Trinajstić information content (AvgIpc) is 3.34. The summed E-state index contributed by atoms with van der Waals surface area (Å²) >= 11 is 0. The molecule has 2 heterocycles. The molecule has 1 amide bonds. The first-order chi connectivity index (χ1) is 18.2. The van der Waals surface area contributed by atoms with Crippen LogP contribution in [-0.2, 0) is 9.59 Å². The number of benzene rings is 3. The van der Waals surface area contributed by atoms with Gasteiger partial charge in [0.2, 0.25) is 0 Å². The number of nitrogens with one attached hydrogen (secondary N) is 1. The van der Waals surface area contributed by atoms with E-state index in [1.807, 2.05) is 77.1 Å². The van der Waals surface area contributed by atoms with E-state index in [2.05, 4.69) is 4.98 Å². The van der Waals surface area contributed by atoms with Crippen molar-refractivity contribution in [1.82, 2.24) is 4.98 Å². The molecule has 0 spiro atoms. The summed E-state index contributed by atoms with van der Waals surface area (Å²) in [5.41, 5.74) is 6.49. The van der Waals surface area contributed by atoms with E-state index in [4.69, 9.17) is 4.74 Å². The topological polar surface area (TPSA) is 82.6 Å². The van der Waals surface area contributed by atoms with Gasteiger partial charge in [0.15, 0.2) is 0 Å². The van der Waals surface area contributed by atoms with E-state index >= 15 is 0 Å². The van der Waals surface area contributed by atoms with Crippen molar-refractivity contribution < 1.29 is 19.4 Å². The summed E-state index contributed by atoms with van der Waals surface area (Å²) < 4.78 is 5.79. The van der Waals surface area contributed by atoms with Crippen molar-refractivity contribution in [3.63, 3.8) is 0 Å². The van der Waals surface area contributed by atoms with Gasteiger partial charge >= 0.3 is 0 Å². The number of anilines is 1. The minimum atomic E-state index is -0.802. The van der Waals surface area contributed by atoms with E-state index in [1.165, 1.54) is 4.90 Å². The largest absolute Gasteiger partial charge is 0.507 e. The Kier molecular flexibility index (Phi) is 6.57. The van der Waals surface area contributed by atoms with E-state index in [-0.39, 0.29) is 11.3 Å². The number of rotatable bonds is 6. The number of aliphatic hydroxyl groups excluding tert-OH is 1. The van der Waals surface area contributed by atoms with Gasteiger partial charge in [0, 0.05) is 33.4 Å². The Morgan fingerprint density at radius 3 is 2.37 bits per heavy atom. The van der Waals surface area contributed by atoms with Crippen molar-refractivity contribution >= 4 is 34.0 Å². The fourth-order valence-electron chi connectivity index (χ4n) is 5.44. The summed E-state index contributed by atoms with van der Waals surface area (Å²) in [6.45, 7) is 10.4. The second-order valence-corrected chi connectivity index (χ2v) is 10.1. The molecule has 1 aliphatic rings. The Bertz CT molecular complexity index is 1590. The van der Waals surface area contributed by atoms with Gasteiger partial charge in [-0.1, -0.05) is 31.2 Å². The zero-order chi connectivity index (χ0) is 27.1. The third-order valence-electron chi connectivity index (χ3n) is 7.06. The minimum Gasteiger partial charge on any atom is -0.507 e. The van der Waals surface area contributed by atoms with Crippen LogP contribution in [0.5, 0.6) is 5.75 Å². The molecule has 0 bridgehead atoms. The molecule has 1 aromatic heterocycles. The van der Waals surface area contributed by atoms with Crippen LogP contribution in [0.3, 0.4) is 0 Å². The van der Waals surface area contributed by atoms with E-state index in [0.29, 0.717) is 17.9 Å². The second kappa shape index (κ2) is 9.86. The van der Waals surface area contributed by atoms with E-state index < -0.39 is 17.7 Å². The molecule has 0 saturated carbocycles. The zero-order valence-electron chi connectivity index (χ0n) is 22.4. The molecule has 4 aromatic rings. The number of ether oxygens (including phenoxy) is 1. The highest BCUT2D eigenvalue weighted by Crippen LogP contribution is 2.46. The molecule has 1 unspecified atom stereocenters. The zero-order valence-corrected chi connectivity index (χ0v) is 22.4. The first kappa shape index (κ1) is 25.3. The summed E-state index contributed by atoms with van der Waals surface area (Å²) in [4.78, 5) is 32.3. The summed E-state index contributed by atoms with van der Waals surface area (Å²) in [5, 5.41) is 12.5. The molecule has 1 aliphatic heterocycles. The molecule has 0 radical (unpaired) electrons. The third-order valence-corrected chi connectivity index (χ3v) is 7.06. The number of aliphatic hydroxyl groups is 1. The van der Waals surface area contributed by atoms with Crippen molar-refractivity contribution in [3.8, 4) is 5.75 Å². The van der Waals surface area contributed by atoms with Gasteiger partial charge in [0.05, 0.1) is 18.2 Å². The van der Waals surface area contributed by atoms with Gasteiger partial charge < -0.3 is 14.8 Å². The van der Waals surface area contributed by atoms with Crippen molar-refractivity contribution in [2.24, 2.45) is 0 Å². The summed E-state index contributed by atoms with van der Waals surface area (Å²) in [6.07, 6.45) is 0.882. The number of fused-ring (bicyclic) bond motifs is 1. The molecule has 194 valence electrons. The standard InChI is InChI=1S/C32H32N2O4/c1-6-13-38-26-12-11-22(17-20(26)4)30(35)28-29(27-21(5)33-25-10-8-7-9-24(25)27)34(32(37)31(28)36)23-15-18(2)14-19(3)16-23/h7-12,14-17,29,33,35H,6,13H2,1-5H3/b30-28+. The number of Topliss-reactive ketones (excluding diaryl/α,β-unsaturated/α-hetero) is 1. The van der Waals surface area contributed by atoms with Crippen molar-refractivity contribution in [2.75, 3.05) is 11.5 Å². The van der Waals surface area contributed by atoms with Crippen LogP contribution in [0.15, 0.2) is 66.2 Å². The van der Waals surface area contributed by atoms with Gasteiger partial charge in [-0.15, -0.1) is 0 Å². The van der Waals surface area contributed by atoms with Crippen LogP contribution in [0, 0.1) is 27.7 Å². The second-order valence-electron chi connectivity index (χ2n) is 10.1. The molecular weight excluding hydrogens is 476 g/mol. The van der Waals surface area contributed by atoms with Crippen LogP contribution >= 0.6 is 0 Å². The Balaban J connectivity index is 1.76. The molecule has 1 saturated heterocycles. The van der Waals surface area contributed by atoms with Crippen LogP contribution in [0.4, 0.5) is 5.69 Å². The van der Waals surface area contributed by atoms with E-state index in [1.54, 1.807) is 18.2 Å². The Hall–Kier alpha value is -4.32. The maximum absolute atomic E-state index is 13.7. The number of ketones is 1. The van der Waals surface area contributed by atoms with Crippen LogP contribution in [0.25, 0.3) is 16.7 Å². The summed E-state index contributed by atoms with van der Waals surface area (Å²) in [5.74, 6) is -0.843. The maximum atomic E-state index is 13.7. The number of aryl methyl sites for hydroxylation is 4. The van der Waals surface area contributed by atoms with E-state index in [9.17, 15) is 14.7 Å². The quantitative estimate of drug-likeness (QED) is 0.170. The van der Waals surface area contributed by atoms with Gasteiger partial charge in [-0.05, 0) is 87.2 Å². The number of carbonyl (C=O) groups excluding carboxylic acids is 2. The lowest BCUT2D eigenvalue weighted by Gasteiger charge is -2.26. The Morgan fingerprint density at radius 2 is 1.68 bits per heavy atom. The number of aromatic amines is 1. The molecular formula is C32H32N2O4. The minimum absolute atomic E-state index is 0.0728. The predicted octanol–water partition coefficient (Wildman–Crippen LogP) is 6.82. The number of hydrogen-bond donors (Lipinski definition) is 2. The number of para-hydroxylation sites is 1. The van der Waals surface area contributed by atoms with Crippen LogP contribution in [0.1, 0.15) is 52.9 Å². The number of carbonyl (C=O) groups is 2. The van der Waals surface area contributed by atoms with Gasteiger partial charge in [-0.25, -0.2) is 0 Å². The van der Waals surface area contributed by atoms with Gasteiger partial charge in [0.25, 0.3) is 11.7 Å². The Labute approximate surface area is 222 Å². The molecule has 5 rings (SSSR count). The number of aromatic nitrogens is 1. The molecule has 6 heteroatoms. The molecule has 0 aliphatic carbocycles. The molecule has 2 N–H and O–H groups in total. The van der Waals surface area contributed by atoms with Gasteiger partial charge in [-0.3, -0.25) is 14.5 Å². The third kappa shape index (κ3) is 4.26. The normalized spacial score (nSPS) is 17.0. The maximum Gasteiger partial charge on any atom is 0.300 e. The molecule has 38 heavy (non-hydrogen) atoms. The number of amides is 1. The van der Waals surface area contributed by atoms with Gasteiger partial charge in [-0.2, -0.15) is 0 Å². The first-order valence-electron chi connectivity index (χ1n) is 12.9. The van der Waals surface area contributed by atoms with Crippen LogP contribution in [-0.4, -0.2) is 28.4 Å². The van der Waals surface area contributed by atoms with E-state index in [0.717, 1.165) is 51.0 Å². The fraction of sp³-hybridized carbons (Fsp3) is 0.250.